The molecule has 0 bridgehead atoms. The van der Waals surface area contributed by atoms with Gasteiger partial charge in [0.05, 0.1) is 12.1 Å². The molecular formula is C18H25NO2. The SMILES string of the molecule is CC1CCCC(N)(C(=O)CC2CCOc3ccccc32)C1. The minimum atomic E-state index is -0.592. The molecule has 2 aliphatic rings. The van der Waals surface area contributed by atoms with Crippen molar-refractivity contribution in [2.75, 3.05) is 6.61 Å². The number of carbonyl (C=O) groups is 1. The smallest absolute Gasteiger partial charge is 0.153 e. The van der Waals surface area contributed by atoms with Crippen molar-refractivity contribution < 1.29 is 9.53 Å². The van der Waals surface area contributed by atoms with Crippen LogP contribution in [-0.2, 0) is 4.79 Å². The Morgan fingerprint density at radius 2 is 2.19 bits per heavy atom. The van der Waals surface area contributed by atoms with E-state index in [9.17, 15) is 4.79 Å². The number of carbonyl (C=O) groups excluding carboxylic acids is 1. The summed E-state index contributed by atoms with van der Waals surface area (Å²) in [6.45, 7) is 2.90. The highest BCUT2D eigenvalue weighted by atomic mass is 16.5. The predicted molar refractivity (Wildman–Crippen MR) is 83.5 cm³/mol. The third kappa shape index (κ3) is 2.98. The Labute approximate surface area is 126 Å². The highest BCUT2D eigenvalue weighted by Crippen LogP contribution is 2.38. The second-order valence-corrected chi connectivity index (χ2v) is 6.86. The van der Waals surface area contributed by atoms with Crippen molar-refractivity contribution in [2.24, 2.45) is 11.7 Å². The molecule has 3 rings (SSSR count). The lowest BCUT2D eigenvalue weighted by molar-refractivity contribution is -0.126. The number of Topliss-reactive ketones (excluding diaryl/α,β-unsaturated/α-hetero) is 1. The van der Waals surface area contributed by atoms with Crippen LogP contribution in [0.2, 0.25) is 0 Å². The van der Waals surface area contributed by atoms with E-state index in [0.717, 1.165) is 31.4 Å². The van der Waals surface area contributed by atoms with Crippen molar-refractivity contribution in [2.45, 2.75) is 56.9 Å². The number of fused-ring (bicyclic) bond motifs is 1. The van der Waals surface area contributed by atoms with Crippen molar-refractivity contribution in [1.82, 2.24) is 0 Å². The summed E-state index contributed by atoms with van der Waals surface area (Å²) < 4.78 is 5.68. The molecule has 0 radical (unpaired) electrons. The number of benzene rings is 1. The minimum absolute atomic E-state index is 0.246. The number of ketones is 1. The van der Waals surface area contributed by atoms with E-state index >= 15 is 0 Å². The van der Waals surface area contributed by atoms with Crippen LogP contribution >= 0.6 is 0 Å². The van der Waals surface area contributed by atoms with E-state index in [1.807, 2.05) is 18.2 Å². The summed E-state index contributed by atoms with van der Waals surface area (Å²) in [5.41, 5.74) is 7.03. The van der Waals surface area contributed by atoms with E-state index in [1.165, 1.54) is 12.0 Å². The van der Waals surface area contributed by atoms with Crippen LogP contribution in [0.15, 0.2) is 24.3 Å². The first-order valence-electron chi connectivity index (χ1n) is 8.12. The zero-order valence-electron chi connectivity index (χ0n) is 12.8. The van der Waals surface area contributed by atoms with Gasteiger partial charge in [0.25, 0.3) is 0 Å². The summed E-state index contributed by atoms with van der Waals surface area (Å²) in [5, 5.41) is 0. The molecule has 114 valence electrons. The zero-order chi connectivity index (χ0) is 14.9. The van der Waals surface area contributed by atoms with Crippen LogP contribution < -0.4 is 10.5 Å². The van der Waals surface area contributed by atoms with Gasteiger partial charge >= 0.3 is 0 Å². The van der Waals surface area contributed by atoms with Gasteiger partial charge in [-0.1, -0.05) is 38.0 Å². The fourth-order valence-electron chi connectivity index (χ4n) is 3.90. The largest absolute Gasteiger partial charge is 0.493 e. The predicted octanol–water partition coefficient (Wildman–Crippen LogP) is 3.42. The van der Waals surface area contributed by atoms with Gasteiger partial charge in [-0.15, -0.1) is 0 Å². The highest BCUT2D eigenvalue weighted by Gasteiger charge is 2.39. The standard InChI is InChI=1S/C18H25NO2/c1-13-5-4-9-18(19,12-13)17(20)11-14-8-10-21-16-7-3-2-6-15(14)16/h2-3,6-7,13-14H,4-5,8-12,19H2,1H3. The van der Waals surface area contributed by atoms with Crippen molar-refractivity contribution in [1.29, 1.82) is 0 Å². The Bertz CT molecular complexity index is 528. The summed E-state index contributed by atoms with van der Waals surface area (Å²) in [7, 11) is 0. The highest BCUT2D eigenvalue weighted by molar-refractivity contribution is 5.89. The lowest BCUT2D eigenvalue weighted by atomic mass is 9.72. The minimum Gasteiger partial charge on any atom is -0.493 e. The van der Waals surface area contributed by atoms with Crippen LogP contribution in [0.1, 0.15) is 56.9 Å². The van der Waals surface area contributed by atoms with E-state index in [0.29, 0.717) is 18.9 Å². The van der Waals surface area contributed by atoms with Crippen LogP contribution in [0.5, 0.6) is 5.75 Å². The fraction of sp³-hybridized carbons (Fsp3) is 0.611. The summed E-state index contributed by atoms with van der Waals surface area (Å²) in [4.78, 5) is 12.8. The first-order valence-corrected chi connectivity index (χ1v) is 8.12. The molecule has 0 aromatic heterocycles. The average molecular weight is 287 g/mol. The van der Waals surface area contributed by atoms with E-state index in [-0.39, 0.29) is 11.7 Å². The monoisotopic (exact) mass is 287 g/mol. The Morgan fingerprint density at radius 3 is 3.00 bits per heavy atom. The van der Waals surface area contributed by atoms with Crippen molar-refractivity contribution >= 4 is 5.78 Å². The molecule has 2 N–H and O–H groups in total. The van der Waals surface area contributed by atoms with E-state index in [2.05, 4.69) is 13.0 Å². The molecule has 0 saturated heterocycles. The molecule has 3 atom stereocenters. The number of nitrogens with two attached hydrogens (primary N) is 1. The zero-order valence-corrected chi connectivity index (χ0v) is 12.8. The van der Waals surface area contributed by atoms with Crippen LogP contribution in [0.3, 0.4) is 0 Å². The molecule has 1 aliphatic heterocycles. The van der Waals surface area contributed by atoms with Crippen LogP contribution in [0.25, 0.3) is 0 Å². The normalized spacial score (nSPS) is 32.1. The van der Waals surface area contributed by atoms with Crippen molar-refractivity contribution in [3.05, 3.63) is 29.8 Å². The summed E-state index contributed by atoms with van der Waals surface area (Å²) in [6.07, 6.45) is 5.44. The molecule has 3 unspecified atom stereocenters. The van der Waals surface area contributed by atoms with Gasteiger partial charge in [-0.25, -0.2) is 0 Å². The van der Waals surface area contributed by atoms with Gasteiger partial charge in [0.15, 0.2) is 5.78 Å². The first kappa shape index (κ1) is 14.6. The van der Waals surface area contributed by atoms with Gasteiger partial charge < -0.3 is 10.5 Å². The molecule has 3 nitrogen and oxygen atoms in total. The van der Waals surface area contributed by atoms with E-state index in [1.54, 1.807) is 0 Å². The molecule has 1 saturated carbocycles. The van der Waals surface area contributed by atoms with E-state index < -0.39 is 5.54 Å². The summed E-state index contributed by atoms with van der Waals surface area (Å²) in [6, 6.07) is 8.08. The molecule has 21 heavy (non-hydrogen) atoms. The molecule has 1 heterocycles. The van der Waals surface area contributed by atoms with Crippen LogP contribution in [0.4, 0.5) is 0 Å². The van der Waals surface area contributed by atoms with Gasteiger partial charge in [-0.2, -0.15) is 0 Å². The molecule has 1 aromatic rings. The first-order chi connectivity index (χ1) is 10.1. The molecular weight excluding hydrogens is 262 g/mol. The molecule has 0 amide bonds. The third-order valence-electron chi connectivity index (χ3n) is 5.10. The van der Waals surface area contributed by atoms with Gasteiger partial charge in [-0.3, -0.25) is 4.79 Å². The fourth-order valence-corrected chi connectivity index (χ4v) is 3.90. The second kappa shape index (κ2) is 5.80. The lowest BCUT2D eigenvalue weighted by Gasteiger charge is -2.37. The number of para-hydroxylation sites is 1. The number of rotatable bonds is 3. The molecule has 1 aromatic carbocycles. The Morgan fingerprint density at radius 1 is 1.38 bits per heavy atom. The average Bonchev–Trinajstić information content (AvgIpc) is 2.47. The third-order valence-corrected chi connectivity index (χ3v) is 5.10. The van der Waals surface area contributed by atoms with Gasteiger partial charge in [0, 0.05) is 6.42 Å². The quantitative estimate of drug-likeness (QED) is 0.926. The van der Waals surface area contributed by atoms with Crippen LogP contribution in [0, 0.1) is 5.92 Å². The van der Waals surface area contributed by atoms with Crippen LogP contribution in [-0.4, -0.2) is 17.9 Å². The van der Waals surface area contributed by atoms with Gasteiger partial charge in [0.2, 0.25) is 0 Å². The van der Waals surface area contributed by atoms with Gasteiger partial charge in [0.1, 0.15) is 5.75 Å². The second-order valence-electron chi connectivity index (χ2n) is 6.86. The summed E-state index contributed by atoms with van der Waals surface area (Å²) >= 11 is 0. The molecule has 1 fully saturated rings. The molecule has 0 spiro atoms. The van der Waals surface area contributed by atoms with Crippen molar-refractivity contribution in [3.63, 3.8) is 0 Å². The Kier molecular flexibility index (Phi) is 4.03. The topological polar surface area (TPSA) is 52.3 Å². The maximum Gasteiger partial charge on any atom is 0.153 e. The lowest BCUT2D eigenvalue weighted by Crippen LogP contribution is -2.51. The van der Waals surface area contributed by atoms with E-state index in [4.69, 9.17) is 10.5 Å². The molecule has 3 heteroatoms. The van der Waals surface area contributed by atoms with Gasteiger partial charge in [-0.05, 0) is 42.7 Å². The summed E-state index contributed by atoms with van der Waals surface area (Å²) in [5.74, 6) is 2.01. The maximum atomic E-state index is 12.8. The molecule has 1 aliphatic carbocycles. The number of ether oxygens (including phenoxy) is 1. The van der Waals surface area contributed by atoms with Crippen molar-refractivity contribution in [3.8, 4) is 5.75 Å². The maximum absolute atomic E-state index is 12.8. The Hall–Kier alpha value is -1.35. The number of hydrogen-bond acceptors (Lipinski definition) is 3. The number of hydrogen-bond donors (Lipinski definition) is 1. The Balaban J connectivity index is 1.74.